The molecule has 0 aliphatic heterocycles. The highest BCUT2D eigenvalue weighted by Gasteiger charge is 2.47. The predicted octanol–water partition coefficient (Wildman–Crippen LogP) is 9.78. The summed E-state index contributed by atoms with van der Waals surface area (Å²) < 4.78 is 0. The van der Waals surface area contributed by atoms with Crippen LogP contribution in [0.25, 0.3) is 0 Å². The third kappa shape index (κ3) is 18.2. The fraction of sp³-hybridized carbons (Fsp3) is 0.548. The van der Waals surface area contributed by atoms with E-state index in [2.05, 4.69) is 51.9 Å². The number of nitrogens with two attached hydrogens (primary N) is 1. The standard InChI is InChI=1S/C16H20ClN.C7H15N.C3H6.2C2H6.CH4O/c1-10(2)7-12(4)14(6)18-15-8-11(3)13(5)16(17)9-15;1-6(2,8)7(3)4-5-7;1-3-2;3*1-2/h7-9,18H,1,6H2,2-5H3;4-5,8H2,1-3H3;3H,1H2,2H3;2*1-2H3;2H,1H3/b12-7+;;;;;. The van der Waals surface area contributed by atoms with Gasteiger partial charge in [0, 0.05) is 29.1 Å². The van der Waals surface area contributed by atoms with Crippen LogP contribution in [-0.4, -0.2) is 17.8 Å². The Labute approximate surface area is 224 Å². The number of hydrogen-bond acceptors (Lipinski definition) is 3. The van der Waals surface area contributed by atoms with E-state index in [1.807, 2.05) is 74.5 Å². The van der Waals surface area contributed by atoms with E-state index in [4.69, 9.17) is 22.4 Å². The molecule has 0 saturated heterocycles. The monoisotopic (exact) mass is 508 g/mol. The zero-order chi connectivity index (χ0) is 29.0. The first-order valence-electron chi connectivity index (χ1n) is 12.6. The van der Waals surface area contributed by atoms with Crippen LogP contribution in [0.3, 0.4) is 0 Å². The maximum Gasteiger partial charge on any atom is 0.0458 e. The first-order valence-corrected chi connectivity index (χ1v) is 12.9. The van der Waals surface area contributed by atoms with Gasteiger partial charge in [0.2, 0.25) is 0 Å². The molecule has 1 aliphatic carbocycles. The van der Waals surface area contributed by atoms with E-state index in [1.165, 1.54) is 18.4 Å². The second kappa shape index (κ2) is 21.5. The van der Waals surface area contributed by atoms with Crippen LogP contribution in [-0.2, 0) is 0 Å². The van der Waals surface area contributed by atoms with E-state index < -0.39 is 0 Å². The summed E-state index contributed by atoms with van der Waals surface area (Å²) in [5.74, 6) is 0. The third-order valence-electron chi connectivity index (χ3n) is 5.39. The number of rotatable bonds is 5. The van der Waals surface area contributed by atoms with E-state index in [1.54, 1.807) is 6.08 Å². The first-order chi connectivity index (χ1) is 16.2. The van der Waals surface area contributed by atoms with Crippen LogP contribution >= 0.6 is 11.6 Å². The first kappa shape index (κ1) is 40.4. The van der Waals surface area contributed by atoms with E-state index in [0.717, 1.165) is 40.2 Å². The van der Waals surface area contributed by atoms with Gasteiger partial charge in [-0.25, -0.2) is 0 Å². The molecule has 2 rings (SSSR count). The van der Waals surface area contributed by atoms with Gasteiger partial charge < -0.3 is 16.2 Å². The average molecular weight is 509 g/mol. The average Bonchev–Trinajstić information content (AvgIpc) is 3.56. The van der Waals surface area contributed by atoms with Crippen LogP contribution in [0.5, 0.6) is 0 Å². The Hall–Kier alpha value is -1.81. The number of aryl methyl sites for hydroxylation is 1. The summed E-state index contributed by atoms with van der Waals surface area (Å²) in [6, 6.07) is 3.99. The summed E-state index contributed by atoms with van der Waals surface area (Å²) in [6.07, 6.45) is 6.38. The minimum Gasteiger partial charge on any atom is -0.400 e. The Bertz CT molecular complexity index is 740. The summed E-state index contributed by atoms with van der Waals surface area (Å²) in [4.78, 5) is 0. The van der Waals surface area contributed by atoms with Gasteiger partial charge in [-0.05, 0) is 95.6 Å². The third-order valence-corrected chi connectivity index (χ3v) is 5.79. The molecule has 1 aromatic rings. The maximum absolute atomic E-state index is 7.00. The SMILES string of the molecule is C=C(C)/C=C(\C)C(=C)Nc1cc(C)c(C)c(Cl)c1.C=CC.CC.CC.CC(C)(N)C1(C)CC1.CO. The molecule has 4 N–H and O–H groups in total. The minimum atomic E-state index is 0.0486. The van der Waals surface area contributed by atoms with Crippen molar-refractivity contribution in [2.24, 2.45) is 11.1 Å². The van der Waals surface area contributed by atoms with Crippen LogP contribution < -0.4 is 11.1 Å². The maximum atomic E-state index is 7.00. The second-order valence-corrected chi connectivity index (χ2v) is 9.28. The van der Waals surface area contributed by atoms with E-state index in [0.29, 0.717) is 5.41 Å². The number of anilines is 1. The molecular formula is C31H57ClN2O. The highest BCUT2D eigenvalue weighted by atomic mass is 35.5. The second-order valence-electron chi connectivity index (χ2n) is 8.87. The zero-order valence-corrected chi connectivity index (χ0v) is 26.0. The van der Waals surface area contributed by atoms with Gasteiger partial charge in [0.15, 0.2) is 0 Å². The van der Waals surface area contributed by atoms with Crippen molar-refractivity contribution in [1.29, 1.82) is 0 Å². The molecule has 4 heteroatoms. The Kier molecular flexibility index (Phi) is 24.8. The normalized spacial score (nSPS) is 12.5. The van der Waals surface area contributed by atoms with Crippen molar-refractivity contribution in [2.45, 2.75) is 101 Å². The molecule has 1 aromatic carbocycles. The summed E-state index contributed by atoms with van der Waals surface area (Å²) in [5, 5.41) is 11.0. The summed E-state index contributed by atoms with van der Waals surface area (Å²) in [5.41, 5.74) is 12.6. The number of aliphatic hydroxyl groups excluding tert-OH is 1. The molecule has 0 radical (unpaired) electrons. The van der Waals surface area contributed by atoms with Gasteiger partial charge in [0.05, 0.1) is 0 Å². The lowest BCUT2D eigenvalue weighted by atomic mass is 9.87. The zero-order valence-electron chi connectivity index (χ0n) is 25.2. The minimum absolute atomic E-state index is 0.0486. The van der Waals surface area contributed by atoms with Crippen molar-refractivity contribution in [1.82, 2.24) is 0 Å². The Balaban J connectivity index is -0.000000234. The van der Waals surface area contributed by atoms with Crippen molar-refractivity contribution < 1.29 is 5.11 Å². The molecule has 0 atom stereocenters. The molecule has 204 valence electrons. The van der Waals surface area contributed by atoms with Gasteiger partial charge in [0.25, 0.3) is 0 Å². The number of aliphatic hydroxyl groups is 1. The Morgan fingerprint density at radius 3 is 1.74 bits per heavy atom. The molecule has 35 heavy (non-hydrogen) atoms. The molecule has 0 aromatic heterocycles. The highest BCUT2D eigenvalue weighted by Crippen LogP contribution is 2.52. The lowest BCUT2D eigenvalue weighted by Gasteiger charge is -2.26. The van der Waals surface area contributed by atoms with Crippen molar-refractivity contribution >= 4 is 17.3 Å². The Morgan fingerprint density at radius 2 is 1.49 bits per heavy atom. The molecule has 3 nitrogen and oxygen atoms in total. The quantitative estimate of drug-likeness (QED) is 0.274. The largest absolute Gasteiger partial charge is 0.400 e. The van der Waals surface area contributed by atoms with Crippen LogP contribution in [0.15, 0.2) is 60.9 Å². The van der Waals surface area contributed by atoms with Gasteiger partial charge >= 0.3 is 0 Å². The lowest BCUT2D eigenvalue weighted by molar-refractivity contribution is 0.323. The van der Waals surface area contributed by atoms with E-state index in [-0.39, 0.29) is 5.54 Å². The molecule has 1 saturated carbocycles. The fourth-order valence-corrected chi connectivity index (χ4v) is 2.72. The van der Waals surface area contributed by atoms with Gasteiger partial charge in [0.1, 0.15) is 0 Å². The number of nitrogens with one attached hydrogen (secondary N) is 1. The Morgan fingerprint density at radius 1 is 1.09 bits per heavy atom. The number of hydrogen-bond donors (Lipinski definition) is 3. The number of benzene rings is 1. The fourth-order valence-electron chi connectivity index (χ4n) is 2.45. The molecule has 0 unspecified atom stereocenters. The summed E-state index contributed by atoms with van der Waals surface area (Å²) in [7, 11) is 1.00. The molecule has 0 amide bonds. The van der Waals surface area contributed by atoms with Crippen molar-refractivity contribution in [3.8, 4) is 0 Å². The van der Waals surface area contributed by atoms with Gasteiger partial charge in [-0.1, -0.05) is 77.1 Å². The smallest absolute Gasteiger partial charge is 0.0458 e. The van der Waals surface area contributed by atoms with Crippen LogP contribution in [0.4, 0.5) is 5.69 Å². The molecule has 0 spiro atoms. The number of halogens is 1. The molecule has 0 bridgehead atoms. The van der Waals surface area contributed by atoms with E-state index >= 15 is 0 Å². The molecule has 0 heterocycles. The van der Waals surface area contributed by atoms with Gasteiger partial charge in [-0.3, -0.25) is 0 Å². The van der Waals surface area contributed by atoms with E-state index in [9.17, 15) is 0 Å². The summed E-state index contributed by atoms with van der Waals surface area (Å²) in [6.45, 7) is 35.6. The molecule has 1 aliphatic rings. The predicted molar refractivity (Wildman–Crippen MR) is 165 cm³/mol. The van der Waals surface area contributed by atoms with Crippen molar-refractivity contribution in [3.63, 3.8) is 0 Å². The highest BCUT2D eigenvalue weighted by molar-refractivity contribution is 6.31. The molecular weight excluding hydrogens is 452 g/mol. The van der Waals surface area contributed by atoms with Crippen molar-refractivity contribution in [2.75, 3.05) is 12.4 Å². The number of allylic oxidation sites excluding steroid dienone is 4. The molecule has 1 fully saturated rings. The van der Waals surface area contributed by atoms with Crippen molar-refractivity contribution in [3.05, 3.63) is 77.0 Å². The van der Waals surface area contributed by atoms with Crippen LogP contribution in [0, 0.1) is 19.3 Å². The topological polar surface area (TPSA) is 58.3 Å². The van der Waals surface area contributed by atoms with Crippen LogP contribution in [0.2, 0.25) is 5.02 Å². The van der Waals surface area contributed by atoms with Crippen LogP contribution in [0.1, 0.15) is 93.2 Å². The lowest BCUT2D eigenvalue weighted by Crippen LogP contribution is -2.40. The summed E-state index contributed by atoms with van der Waals surface area (Å²) >= 11 is 6.17. The van der Waals surface area contributed by atoms with Gasteiger partial charge in [-0.2, -0.15) is 0 Å². The van der Waals surface area contributed by atoms with Gasteiger partial charge in [-0.15, -0.1) is 6.58 Å².